The van der Waals surface area contributed by atoms with Crippen molar-refractivity contribution in [3.8, 4) is 0 Å². The maximum atomic E-state index is 12.6. The fourth-order valence-corrected chi connectivity index (χ4v) is 2.90. The summed E-state index contributed by atoms with van der Waals surface area (Å²) < 4.78 is 0. The third kappa shape index (κ3) is 2.82. The summed E-state index contributed by atoms with van der Waals surface area (Å²) in [6.07, 6.45) is 5.82. The first-order valence-corrected chi connectivity index (χ1v) is 7.10. The van der Waals surface area contributed by atoms with Gasteiger partial charge in [0.05, 0.1) is 6.04 Å². The molecular weight excluding hydrogens is 212 g/mol. The Balaban J connectivity index is 2.05. The maximum absolute atomic E-state index is 12.6. The summed E-state index contributed by atoms with van der Waals surface area (Å²) in [5.41, 5.74) is 0.107. The minimum atomic E-state index is 0.0309. The Kier molecular flexibility index (Phi) is 3.76. The molecule has 1 heterocycles. The van der Waals surface area contributed by atoms with E-state index in [1.165, 1.54) is 19.3 Å². The summed E-state index contributed by atoms with van der Waals surface area (Å²) in [6, 6.07) is 0.574. The Bertz CT molecular complexity index is 284. The van der Waals surface area contributed by atoms with Gasteiger partial charge in [0, 0.05) is 12.6 Å². The van der Waals surface area contributed by atoms with E-state index in [0.717, 1.165) is 25.9 Å². The van der Waals surface area contributed by atoms with E-state index in [-0.39, 0.29) is 11.5 Å². The number of nitrogens with zero attached hydrogens (tertiary/aromatic N) is 1. The van der Waals surface area contributed by atoms with E-state index in [1.807, 2.05) is 0 Å². The van der Waals surface area contributed by atoms with Gasteiger partial charge >= 0.3 is 0 Å². The van der Waals surface area contributed by atoms with Crippen LogP contribution in [-0.2, 0) is 4.79 Å². The first-order chi connectivity index (χ1) is 8.06. The Morgan fingerprint density at radius 2 is 2.12 bits per heavy atom. The molecule has 1 saturated heterocycles. The number of carbonyl (C=O) groups excluding carboxylic acids is 1. The SMILES string of the molecule is CCCN(C(=O)C1NCCCC1(C)C)C1CC1. The molecule has 2 fully saturated rings. The molecule has 2 rings (SSSR count). The number of hydrogen-bond donors (Lipinski definition) is 1. The average Bonchev–Trinajstić information content (AvgIpc) is 3.08. The van der Waals surface area contributed by atoms with Crippen molar-refractivity contribution in [1.82, 2.24) is 10.2 Å². The molecule has 1 unspecified atom stereocenters. The van der Waals surface area contributed by atoms with E-state index >= 15 is 0 Å². The quantitative estimate of drug-likeness (QED) is 0.814. The number of amides is 1. The standard InChI is InChI=1S/C14H26N2O/c1-4-10-16(11-6-7-11)13(17)12-14(2,3)8-5-9-15-12/h11-12,15H,4-10H2,1-3H3. The summed E-state index contributed by atoms with van der Waals surface area (Å²) in [5, 5.41) is 3.44. The maximum Gasteiger partial charge on any atom is 0.240 e. The van der Waals surface area contributed by atoms with Gasteiger partial charge < -0.3 is 10.2 Å². The van der Waals surface area contributed by atoms with Crippen molar-refractivity contribution >= 4 is 5.91 Å². The molecule has 17 heavy (non-hydrogen) atoms. The minimum absolute atomic E-state index is 0.0309. The molecular formula is C14H26N2O. The number of carbonyl (C=O) groups is 1. The van der Waals surface area contributed by atoms with Crippen LogP contribution in [0.1, 0.15) is 52.9 Å². The lowest BCUT2D eigenvalue weighted by molar-refractivity contribution is -0.138. The lowest BCUT2D eigenvalue weighted by Gasteiger charge is -2.41. The van der Waals surface area contributed by atoms with E-state index in [2.05, 4.69) is 31.0 Å². The summed E-state index contributed by atoms with van der Waals surface area (Å²) >= 11 is 0. The monoisotopic (exact) mass is 238 g/mol. The third-order valence-corrected chi connectivity index (χ3v) is 4.11. The minimum Gasteiger partial charge on any atom is -0.338 e. The molecule has 0 bridgehead atoms. The van der Waals surface area contributed by atoms with Gasteiger partial charge in [-0.3, -0.25) is 4.79 Å². The molecule has 0 aromatic heterocycles. The summed E-state index contributed by atoms with van der Waals surface area (Å²) in [6.45, 7) is 8.52. The van der Waals surface area contributed by atoms with Crippen LogP contribution in [0.3, 0.4) is 0 Å². The zero-order valence-corrected chi connectivity index (χ0v) is 11.5. The van der Waals surface area contributed by atoms with Crippen LogP contribution in [0.25, 0.3) is 0 Å². The molecule has 0 radical (unpaired) electrons. The fraction of sp³-hybridized carbons (Fsp3) is 0.929. The Morgan fingerprint density at radius 3 is 2.65 bits per heavy atom. The number of hydrogen-bond acceptors (Lipinski definition) is 2. The van der Waals surface area contributed by atoms with Gasteiger partial charge in [0.2, 0.25) is 5.91 Å². The van der Waals surface area contributed by atoms with E-state index in [9.17, 15) is 4.79 Å². The van der Waals surface area contributed by atoms with Crippen LogP contribution in [0, 0.1) is 5.41 Å². The van der Waals surface area contributed by atoms with E-state index in [4.69, 9.17) is 0 Å². The van der Waals surface area contributed by atoms with Gasteiger partial charge in [-0.2, -0.15) is 0 Å². The van der Waals surface area contributed by atoms with Gasteiger partial charge in [-0.05, 0) is 44.1 Å². The first-order valence-electron chi connectivity index (χ1n) is 7.10. The molecule has 0 aromatic rings. The molecule has 1 N–H and O–H groups in total. The van der Waals surface area contributed by atoms with Crippen LogP contribution in [0.15, 0.2) is 0 Å². The molecule has 0 aromatic carbocycles. The van der Waals surface area contributed by atoms with Gasteiger partial charge in [-0.15, -0.1) is 0 Å². The second kappa shape index (κ2) is 4.97. The summed E-state index contributed by atoms with van der Waals surface area (Å²) in [7, 11) is 0. The molecule has 1 saturated carbocycles. The highest BCUT2D eigenvalue weighted by atomic mass is 16.2. The molecule has 0 spiro atoms. The zero-order chi connectivity index (χ0) is 12.5. The predicted octanol–water partition coefficient (Wildman–Crippen LogP) is 2.17. The van der Waals surface area contributed by atoms with Crippen molar-refractivity contribution in [1.29, 1.82) is 0 Å². The number of piperidine rings is 1. The zero-order valence-electron chi connectivity index (χ0n) is 11.5. The number of rotatable bonds is 4. The van der Waals surface area contributed by atoms with Crippen LogP contribution in [0.2, 0.25) is 0 Å². The Hall–Kier alpha value is -0.570. The lowest BCUT2D eigenvalue weighted by Crippen LogP contribution is -2.57. The molecule has 1 amide bonds. The van der Waals surface area contributed by atoms with E-state index in [0.29, 0.717) is 11.9 Å². The van der Waals surface area contributed by atoms with Gasteiger partial charge in [0.15, 0.2) is 0 Å². The molecule has 1 aliphatic carbocycles. The highest BCUT2D eigenvalue weighted by Gasteiger charge is 2.42. The summed E-state index contributed by atoms with van der Waals surface area (Å²) in [4.78, 5) is 14.8. The Morgan fingerprint density at radius 1 is 1.41 bits per heavy atom. The van der Waals surface area contributed by atoms with Gasteiger partial charge in [-0.25, -0.2) is 0 Å². The van der Waals surface area contributed by atoms with Crippen molar-refractivity contribution < 1.29 is 4.79 Å². The van der Waals surface area contributed by atoms with Crippen molar-refractivity contribution in [2.45, 2.75) is 65.0 Å². The highest BCUT2D eigenvalue weighted by Crippen LogP contribution is 2.34. The average molecular weight is 238 g/mol. The smallest absolute Gasteiger partial charge is 0.240 e. The molecule has 3 nitrogen and oxygen atoms in total. The van der Waals surface area contributed by atoms with Crippen molar-refractivity contribution in [2.24, 2.45) is 5.41 Å². The molecule has 3 heteroatoms. The van der Waals surface area contributed by atoms with Crippen molar-refractivity contribution in [3.63, 3.8) is 0 Å². The second-order valence-electron chi connectivity index (χ2n) is 6.24. The van der Waals surface area contributed by atoms with Crippen LogP contribution >= 0.6 is 0 Å². The van der Waals surface area contributed by atoms with E-state index < -0.39 is 0 Å². The highest BCUT2D eigenvalue weighted by molar-refractivity contribution is 5.83. The topological polar surface area (TPSA) is 32.3 Å². The largest absolute Gasteiger partial charge is 0.338 e. The van der Waals surface area contributed by atoms with Crippen LogP contribution < -0.4 is 5.32 Å². The first kappa shape index (κ1) is 12.9. The van der Waals surface area contributed by atoms with E-state index in [1.54, 1.807) is 0 Å². The molecule has 2 aliphatic rings. The van der Waals surface area contributed by atoms with Crippen molar-refractivity contribution in [3.05, 3.63) is 0 Å². The second-order valence-corrected chi connectivity index (χ2v) is 6.24. The van der Waals surface area contributed by atoms with Crippen LogP contribution in [0.4, 0.5) is 0 Å². The normalized spacial score (nSPS) is 27.8. The third-order valence-electron chi connectivity index (χ3n) is 4.11. The van der Waals surface area contributed by atoms with Gasteiger partial charge in [0.1, 0.15) is 0 Å². The van der Waals surface area contributed by atoms with Gasteiger partial charge in [-0.1, -0.05) is 20.8 Å². The molecule has 1 atom stereocenters. The fourth-order valence-electron chi connectivity index (χ4n) is 2.90. The summed E-state index contributed by atoms with van der Waals surface area (Å²) in [5.74, 6) is 0.346. The van der Waals surface area contributed by atoms with Crippen molar-refractivity contribution in [2.75, 3.05) is 13.1 Å². The lowest BCUT2D eigenvalue weighted by atomic mass is 9.77. The predicted molar refractivity (Wildman–Crippen MR) is 69.8 cm³/mol. The van der Waals surface area contributed by atoms with Crippen LogP contribution in [-0.4, -0.2) is 36.0 Å². The Labute approximate surface area is 105 Å². The molecule has 98 valence electrons. The molecule has 1 aliphatic heterocycles. The van der Waals surface area contributed by atoms with Gasteiger partial charge in [0.25, 0.3) is 0 Å². The number of nitrogens with one attached hydrogen (secondary N) is 1. The van der Waals surface area contributed by atoms with Crippen LogP contribution in [0.5, 0.6) is 0 Å².